The lowest BCUT2D eigenvalue weighted by Gasteiger charge is -2.24. The number of para-hydroxylation sites is 1. The zero-order chi connectivity index (χ0) is 31.1. The van der Waals surface area contributed by atoms with Crippen LogP contribution in [0.25, 0.3) is 0 Å². The van der Waals surface area contributed by atoms with Gasteiger partial charge in [0.15, 0.2) is 6.04 Å². The number of nitrogens with zero attached hydrogens (tertiary/aromatic N) is 3. The molecule has 3 atom stereocenters. The number of hydrogen-bond acceptors (Lipinski definition) is 7. The first-order chi connectivity index (χ1) is 21.3. The smallest absolute Gasteiger partial charge is 0.331 e. The molecule has 1 amide bonds. The molecule has 0 bridgehead atoms. The van der Waals surface area contributed by atoms with Crippen LogP contribution in [0.5, 0.6) is 0 Å². The molecule has 1 aliphatic rings. The Hall–Kier alpha value is -5.19. The summed E-state index contributed by atoms with van der Waals surface area (Å²) in [7, 11) is 0. The topological polar surface area (TPSA) is 145 Å². The van der Waals surface area contributed by atoms with Crippen molar-refractivity contribution in [3.63, 3.8) is 0 Å². The summed E-state index contributed by atoms with van der Waals surface area (Å²) in [6.45, 7) is 1.45. The van der Waals surface area contributed by atoms with Gasteiger partial charge in [-0.3, -0.25) is 24.8 Å². The highest BCUT2D eigenvalue weighted by atomic mass is 16.6. The van der Waals surface area contributed by atoms with Crippen LogP contribution >= 0.6 is 0 Å². The molecule has 224 valence electrons. The monoisotopic (exact) mass is 592 g/mol. The van der Waals surface area contributed by atoms with Gasteiger partial charge < -0.3 is 15.5 Å². The summed E-state index contributed by atoms with van der Waals surface area (Å²) in [5.41, 5.74) is 2.90. The second-order valence-corrected chi connectivity index (χ2v) is 10.6. The molecule has 5 rings (SSSR count). The average Bonchev–Trinajstić information content (AvgIpc) is 3.51. The molecule has 4 aromatic carbocycles. The highest BCUT2D eigenvalue weighted by Gasteiger charge is 2.32. The number of carbonyl (C=O) groups is 2. The molecule has 3 N–H and O–H groups in total. The van der Waals surface area contributed by atoms with Crippen molar-refractivity contribution in [3.05, 3.63) is 142 Å². The van der Waals surface area contributed by atoms with Crippen LogP contribution in [0.4, 0.5) is 11.4 Å². The first-order valence-electron chi connectivity index (χ1n) is 14.3. The molecule has 1 heterocycles. The van der Waals surface area contributed by atoms with E-state index in [4.69, 9.17) is 0 Å². The number of aliphatic hydroxyl groups excluding tert-OH is 1. The van der Waals surface area contributed by atoms with E-state index < -0.39 is 23.0 Å². The molecule has 44 heavy (non-hydrogen) atoms. The minimum Gasteiger partial charge on any atom is -0.480 e. The molecule has 0 aliphatic carbocycles. The van der Waals surface area contributed by atoms with Crippen LogP contribution in [0.3, 0.4) is 0 Å². The van der Waals surface area contributed by atoms with Crippen molar-refractivity contribution in [1.29, 1.82) is 0 Å². The van der Waals surface area contributed by atoms with Gasteiger partial charge in [-0.15, -0.1) is 0 Å². The fourth-order valence-corrected chi connectivity index (χ4v) is 5.42. The van der Waals surface area contributed by atoms with Gasteiger partial charge in [-0.2, -0.15) is 0 Å². The standard InChI is InChI=1S/C34H32N4O6/c39-32(25-17-19-26(20-18-25)38(43)44)31(34(41)42)36-30(24-12-5-2-6-13-24)27-14-7-8-15-28(27)35-33(40)29-16-9-21-37(29)22-23-10-3-1-4-11-23/h1-8,10-15,17-20,29,31-32,39H,9,16,21-22H2,(H,35,40)(H,41,42)/t29-,31+,32-/m0/s1. The number of likely N-dealkylation sites (tertiary alicyclic amines) is 1. The number of carbonyl (C=O) groups excluding carboxylic acids is 1. The number of aliphatic hydroxyl groups is 1. The lowest BCUT2D eigenvalue weighted by Crippen LogP contribution is -2.39. The maximum absolute atomic E-state index is 13.7. The second kappa shape index (κ2) is 13.9. The van der Waals surface area contributed by atoms with Crippen LogP contribution in [-0.2, 0) is 16.1 Å². The predicted octanol–water partition coefficient (Wildman–Crippen LogP) is 5.22. The van der Waals surface area contributed by atoms with Gasteiger partial charge in [0.25, 0.3) is 5.69 Å². The first kappa shape index (κ1) is 30.3. The quantitative estimate of drug-likeness (QED) is 0.123. The van der Waals surface area contributed by atoms with Gasteiger partial charge >= 0.3 is 5.97 Å². The van der Waals surface area contributed by atoms with Crippen LogP contribution in [0.2, 0.25) is 0 Å². The number of aliphatic imine (C=N–C) groups is 1. The summed E-state index contributed by atoms with van der Waals surface area (Å²) in [4.78, 5) is 43.3. The molecular formula is C34H32N4O6. The number of amides is 1. The zero-order valence-electron chi connectivity index (χ0n) is 23.8. The third-order valence-corrected chi connectivity index (χ3v) is 7.65. The van der Waals surface area contributed by atoms with Crippen molar-refractivity contribution in [2.45, 2.75) is 37.6 Å². The predicted molar refractivity (Wildman–Crippen MR) is 167 cm³/mol. The molecule has 4 aromatic rings. The molecule has 0 unspecified atom stereocenters. The molecular weight excluding hydrogens is 560 g/mol. The fourth-order valence-electron chi connectivity index (χ4n) is 5.42. The minimum atomic E-state index is -1.65. The SMILES string of the molecule is O=C(O)[C@H](N=C(c1ccccc1)c1ccccc1NC(=O)[C@@H]1CCCN1Cc1ccccc1)[C@@H](O)c1ccc([N+](=O)[O-])cc1. The molecule has 0 spiro atoms. The Balaban J connectivity index is 1.48. The Kier molecular flexibility index (Phi) is 9.53. The van der Waals surface area contributed by atoms with E-state index in [0.717, 1.165) is 18.5 Å². The molecule has 10 heteroatoms. The van der Waals surface area contributed by atoms with E-state index in [1.54, 1.807) is 48.5 Å². The van der Waals surface area contributed by atoms with Gasteiger partial charge in [-0.05, 0) is 48.7 Å². The van der Waals surface area contributed by atoms with Crippen molar-refractivity contribution >= 4 is 29.0 Å². The van der Waals surface area contributed by atoms with Crippen LogP contribution in [0, 0.1) is 10.1 Å². The van der Waals surface area contributed by atoms with E-state index in [9.17, 15) is 29.9 Å². The molecule has 1 fully saturated rings. The van der Waals surface area contributed by atoms with E-state index in [0.29, 0.717) is 29.8 Å². The van der Waals surface area contributed by atoms with Crippen LogP contribution < -0.4 is 5.32 Å². The number of nitrogens with one attached hydrogen (secondary N) is 1. The summed E-state index contributed by atoms with van der Waals surface area (Å²) < 4.78 is 0. The number of nitro groups is 1. The fraction of sp³-hybridized carbons (Fsp3) is 0.206. The molecule has 10 nitrogen and oxygen atoms in total. The number of nitro benzene ring substituents is 1. The van der Waals surface area contributed by atoms with Crippen molar-refractivity contribution in [3.8, 4) is 0 Å². The molecule has 1 saturated heterocycles. The summed E-state index contributed by atoms with van der Waals surface area (Å²) >= 11 is 0. The van der Waals surface area contributed by atoms with E-state index >= 15 is 0 Å². The third kappa shape index (κ3) is 7.05. The summed E-state index contributed by atoms with van der Waals surface area (Å²) in [5, 5.41) is 35.4. The number of non-ortho nitro benzene ring substituents is 1. The van der Waals surface area contributed by atoms with Crippen LogP contribution in [0.15, 0.2) is 114 Å². The Morgan fingerprint density at radius 2 is 1.57 bits per heavy atom. The van der Waals surface area contributed by atoms with Crippen molar-refractivity contribution in [1.82, 2.24) is 4.90 Å². The number of carboxylic acids is 1. The Bertz CT molecular complexity index is 1640. The largest absolute Gasteiger partial charge is 0.480 e. The van der Waals surface area contributed by atoms with E-state index in [1.807, 2.05) is 36.4 Å². The van der Waals surface area contributed by atoms with Gasteiger partial charge in [-0.25, -0.2) is 4.79 Å². The zero-order valence-corrected chi connectivity index (χ0v) is 23.8. The third-order valence-electron chi connectivity index (χ3n) is 7.65. The van der Waals surface area contributed by atoms with E-state index in [-0.39, 0.29) is 28.9 Å². The van der Waals surface area contributed by atoms with Gasteiger partial charge in [0.05, 0.1) is 22.4 Å². The molecule has 0 aromatic heterocycles. The normalized spacial score (nSPS) is 16.7. The van der Waals surface area contributed by atoms with E-state index in [2.05, 4.69) is 15.2 Å². The maximum Gasteiger partial charge on any atom is 0.331 e. The molecule has 0 saturated carbocycles. The highest BCUT2D eigenvalue weighted by Crippen LogP contribution is 2.28. The Morgan fingerprint density at radius 3 is 2.23 bits per heavy atom. The molecule has 1 aliphatic heterocycles. The summed E-state index contributed by atoms with van der Waals surface area (Å²) in [6.07, 6.45) is 0.00593. The molecule has 0 radical (unpaired) electrons. The lowest BCUT2D eigenvalue weighted by atomic mass is 9.98. The Labute approximate surface area is 254 Å². The lowest BCUT2D eigenvalue weighted by molar-refractivity contribution is -0.384. The number of benzene rings is 4. The van der Waals surface area contributed by atoms with E-state index in [1.165, 1.54) is 24.3 Å². The van der Waals surface area contributed by atoms with Gasteiger partial charge in [0, 0.05) is 29.8 Å². The second-order valence-electron chi connectivity index (χ2n) is 10.6. The number of rotatable bonds is 11. The number of carboxylic acid groups (broad SMARTS) is 1. The first-order valence-corrected chi connectivity index (χ1v) is 14.3. The van der Waals surface area contributed by atoms with Gasteiger partial charge in [-0.1, -0.05) is 78.9 Å². The number of anilines is 1. The van der Waals surface area contributed by atoms with Crippen molar-refractivity contribution in [2.75, 3.05) is 11.9 Å². The van der Waals surface area contributed by atoms with Crippen molar-refractivity contribution < 1.29 is 24.7 Å². The van der Waals surface area contributed by atoms with Gasteiger partial charge in [0.2, 0.25) is 5.91 Å². The Morgan fingerprint density at radius 1 is 0.932 bits per heavy atom. The van der Waals surface area contributed by atoms with Crippen LogP contribution in [0.1, 0.15) is 41.2 Å². The highest BCUT2D eigenvalue weighted by molar-refractivity contribution is 6.17. The minimum absolute atomic E-state index is 0.167. The van der Waals surface area contributed by atoms with Crippen molar-refractivity contribution in [2.24, 2.45) is 4.99 Å². The number of aliphatic carboxylic acids is 1. The summed E-state index contributed by atoms with van der Waals surface area (Å²) in [5.74, 6) is -1.55. The van der Waals surface area contributed by atoms with Crippen LogP contribution in [-0.4, -0.2) is 56.3 Å². The van der Waals surface area contributed by atoms with Gasteiger partial charge in [0.1, 0.15) is 6.10 Å². The maximum atomic E-state index is 13.7. The summed E-state index contributed by atoms with van der Waals surface area (Å²) in [6, 6.07) is 29.0. The average molecular weight is 593 g/mol. The number of hydrogen-bond donors (Lipinski definition) is 3.